The highest BCUT2D eigenvalue weighted by Crippen LogP contribution is 2.09. The molecule has 4 rings (SSSR count). The summed E-state index contributed by atoms with van der Waals surface area (Å²) in [6, 6.07) is 5.79. The van der Waals surface area contributed by atoms with E-state index in [0.717, 1.165) is 11.4 Å². The second-order valence-electron chi connectivity index (χ2n) is 4.47. The molecule has 0 saturated heterocycles. The van der Waals surface area contributed by atoms with Gasteiger partial charge in [0, 0.05) is 18.1 Å². The van der Waals surface area contributed by atoms with E-state index in [9.17, 15) is 4.79 Å². The van der Waals surface area contributed by atoms with E-state index in [0.29, 0.717) is 17.1 Å². The van der Waals surface area contributed by atoms with Crippen LogP contribution in [0, 0.1) is 6.92 Å². The van der Waals surface area contributed by atoms with Gasteiger partial charge >= 0.3 is 0 Å². The van der Waals surface area contributed by atoms with Crippen molar-refractivity contribution in [2.75, 3.05) is 0 Å². The lowest BCUT2D eigenvalue weighted by molar-refractivity contribution is 1.08. The van der Waals surface area contributed by atoms with Crippen molar-refractivity contribution in [2.24, 2.45) is 0 Å². The molecule has 4 heterocycles. The Hall–Kier alpha value is -3.49. The molecule has 0 aliphatic rings. The topological polar surface area (TPSA) is 126 Å². The maximum Gasteiger partial charge on any atom is 0.268 e. The molecule has 4 aromatic heterocycles. The number of fused-ring (bicyclic) bond motifs is 1. The Balaban J connectivity index is 0.000000136. The van der Waals surface area contributed by atoms with Crippen LogP contribution < -0.4 is 5.56 Å². The number of rotatable bonds is 1. The minimum absolute atomic E-state index is 0.266. The number of hydrogen-bond acceptors (Lipinski definition) is 7. The highest BCUT2D eigenvalue weighted by atomic mass is 16.1. The maximum atomic E-state index is 10.7. The number of aryl methyl sites for hydroxylation is 1. The Morgan fingerprint density at radius 1 is 1.04 bits per heavy atom. The third-order valence-electron chi connectivity index (χ3n) is 2.77. The molecule has 0 fully saturated rings. The third kappa shape index (κ3) is 3.59. The van der Waals surface area contributed by atoms with Gasteiger partial charge in [0.15, 0.2) is 17.1 Å². The maximum absolute atomic E-state index is 10.7. The Morgan fingerprint density at radius 2 is 1.91 bits per heavy atom. The summed E-state index contributed by atoms with van der Waals surface area (Å²) in [6.07, 6.45) is 5.67. The smallest absolute Gasteiger partial charge is 0.268 e. The van der Waals surface area contributed by atoms with Crippen molar-refractivity contribution >= 4 is 11.3 Å². The average Bonchev–Trinajstić information content (AvgIpc) is 3.10. The molecule has 23 heavy (non-hydrogen) atoms. The van der Waals surface area contributed by atoms with Gasteiger partial charge in [-0.25, -0.2) is 24.9 Å². The number of nitrogens with zero attached hydrogens (tertiary/aromatic N) is 6. The van der Waals surface area contributed by atoms with Gasteiger partial charge in [-0.1, -0.05) is 6.07 Å². The van der Waals surface area contributed by atoms with E-state index in [1.165, 1.54) is 24.9 Å². The summed E-state index contributed by atoms with van der Waals surface area (Å²) in [4.78, 5) is 33.0. The van der Waals surface area contributed by atoms with Crippen LogP contribution in [0.4, 0.5) is 0 Å². The van der Waals surface area contributed by atoms with Crippen LogP contribution in [0.1, 0.15) is 5.69 Å². The van der Waals surface area contributed by atoms with Crippen molar-refractivity contribution in [3.05, 3.63) is 59.2 Å². The highest BCUT2D eigenvalue weighted by Gasteiger charge is 2.00. The third-order valence-corrected chi connectivity index (χ3v) is 2.77. The van der Waals surface area contributed by atoms with Crippen LogP contribution in [0.15, 0.2) is 47.9 Å². The molecule has 0 unspecified atom stereocenters. The van der Waals surface area contributed by atoms with Gasteiger partial charge in [-0.15, -0.1) is 0 Å². The number of H-pyrrole nitrogens is 2. The molecule has 114 valence electrons. The predicted molar refractivity (Wildman–Crippen MR) is 82.3 cm³/mol. The summed E-state index contributed by atoms with van der Waals surface area (Å²) in [7, 11) is 0. The van der Waals surface area contributed by atoms with Crippen molar-refractivity contribution in [1.29, 1.82) is 0 Å². The van der Waals surface area contributed by atoms with Crippen molar-refractivity contribution in [2.45, 2.75) is 6.92 Å². The number of hydrogen-bond donors (Lipinski definition) is 2. The Kier molecular flexibility index (Phi) is 4.09. The normalized spacial score (nSPS) is 10.1. The number of aromatic amines is 2. The number of pyridine rings is 1. The van der Waals surface area contributed by atoms with Crippen LogP contribution in [-0.2, 0) is 0 Å². The van der Waals surface area contributed by atoms with Crippen LogP contribution in [0.3, 0.4) is 0 Å². The molecule has 0 aliphatic carbocycles. The Morgan fingerprint density at radius 3 is 2.70 bits per heavy atom. The number of nitrogens with one attached hydrogen (secondary N) is 2. The van der Waals surface area contributed by atoms with Gasteiger partial charge < -0.3 is 4.98 Å². The molecule has 0 amide bonds. The van der Waals surface area contributed by atoms with Crippen molar-refractivity contribution in [3.63, 3.8) is 0 Å². The first-order valence-electron chi connectivity index (χ1n) is 6.68. The van der Waals surface area contributed by atoms with E-state index < -0.39 is 0 Å². The SMILES string of the molecule is Cc1cccc(-c2ncn[nH]2)n1.O=c1cnc2nccnc2[nH]1. The van der Waals surface area contributed by atoms with E-state index in [1.807, 2.05) is 25.1 Å². The molecule has 9 nitrogen and oxygen atoms in total. The standard InChI is InChI=1S/C8H8N4.C6H4N4O/c1-6-3-2-4-7(11-6)8-9-5-10-12-8;11-4-3-9-5-6(10-4)8-2-1-7-5/h2-5H,1H3,(H,9,10,12);1-3H,(H,8,10,11). The van der Waals surface area contributed by atoms with E-state index in [-0.39, 0.29) is 5.56 Å². The van der Waals surface area contributed by atoms with Gasteiger partial charge in [0.25, 0.3) is 5.56 Å². The zero-order chi connectivity index (χ0) is 16.1. The van der Waals surface area contributed by atoms with E-state index >= 15 is 0 Å². The molecule has 4 aromatic rings. The Bertz CT molecular complexity index is 964. The minimum Gasteiger partial charge on any atom is -0.303 e. The molecule has 2 N–H and O–H groups in total. The molecule has 0 aromatic carbocycles. The van der Waals surface area contributed by atoms with E-state index in [1.54, 1.807) is 0 Å². The minimum atomic E-state index is -0.266. The van der Waals surface area contributed by atoms with Crippen LogP contribution >= 0.6 is 0 Å². The number of aromatic nitrogens is 8. The summed E-state index contributed by atoms with van der Waals surface area (Å²) in [6.45, 7) is 1.94. The van der Waals surface area contributed by atoms with Crippen LogP contribution in [0.25, 0.3) is 22.8 Å². The fourth-order valence-corrected chi connectivity index (χ4v) is 1.79. The molecule has 0 bridgehead atoms. The summed E-state index contributed by atoms with van der Waals surface area (Å²) in [5.74, 6) is 0.707. The van der Waals surface area contributed by atoms with Crippen LogP contribution in [0.5, 0.6) is 0 Å². The lowest BCUT2D eigenvalue weighted by Crippen LogP contribution is -2.06. The predicted octanol–water partition coefficient (Wildman–Crippen LogP) is 0.888. The second-order valence-corrected chi connectivity index (χ2v) is 4.47. The average molecular weight is 308 g/mol. The summed E-state index contributed by atoms with van der Waals surface area (Å²) < 4.78 is 0. The monoisotopic (exact) mass is 308 g/mol. The molecule has 0 radical (unpaired) electrons. The fraction of sp³-hybridized carbons (Fsp3) is 0.0714. The fourth-order valence-electron chi connectivity index (χ4n) is 1.79. The van der Waals surface area contributed by atoms with Crippen molar-refractivity contribution < 1.29 is 0 Å². The molecule has 0 saturated carbocycles. The largest absolute Gasteiger partial charge is 0.303 e. The van der Waals surface area contributed by atoms with Gasteiger partial charge in [0.2, 0.25) is 0 Å². The van der Waals surface area contributed by atoms with Crippen LogP contribution in [-0.4, -0.2) is 40.1 Å². The van der Waals surface area contributed by atoms with E-state index in [2.05, 4.69) is 40.1 Å². The quantitative estimate of drug-likeness (QED) is 0.534. The molecule has 0 spiro atoms. The second kappa shape index (κ2) is 6.52. The zero-order valence-corrected chi connectivity index (χ0v) is 12.1. The lowest BCUT2D eigenvalue weighted by Gasteiger charge is -1.95. The summed E-state index contributed by atoms with van der Waals surface area (Å²) in [5.41, 5.74) is 2.40. The van der Waals surface area contributed by atoms with Gasteiger partial charge in [0.1, 0.15) is 12.0 Å². The van der Waals surface area contributed by atoms with Gasteiger partial charge in [-0.2, -0.15) is 5.10 Å². The van der Waals surface area contributed by atoms with Gasteiger partial charge in [-0.05, 0) is 19.1 Å². The first-order chi connectivity index (χ1) is 11.2. The summed E-state index contributed by atoms with van der Waals surface area (Å²) in [5, 5.41) is 6.51. The Labute approximate surface area is 129 Å². The van der Waals surface area contributed by atoms with Crippen molar-refractivity contribution in [1.82, 2.24) is 40.1 Å². The molecular weight excluding hydrogens is 296 g/mol. The highest BCUT2D eigenvalue weighted by molar-refractivity contribution is 5.62. The van der Waals surface area contributed by atoms with Gasteiger partial charge in [0.05, 0.1) is 6.20 Å². The first kappa shape index (κ1) is 14.4. The van der Waals surface area contributed by atoms with E-state index in [4.69, 9.17) is 0 Å². The zero-order valence-electron chi connectivity index (χ0n) is 12.1. The molecule has 0 aliphatic heterocycles. The summed E-state index contributed by atoms with van der Waals surface area (Å²) >= 11 is 0. The first-order valence-corrected chi connectivity index (χ1v) is 6.68. The molecular formula is C14H12N8O. The van der Waals surface area contributed by atoms with Crippen molar-refractivity contribution in [3.8, 4) is 11.5 Å². The van der Waals surface area contributed by atoms with Gasteiger partial charge in [-0.3, -0.25) is 9.89 Å². The van der Waals surface area contributed by atoms with Crippen LogP contribution in [0.2, 0.25) is 0 Å². The molecule has 0 atom stereocenters. The lowest BCUT2D eigenvalue weighted by atomic mass is 10.3. The molecule has 9 heteroatoms.